The van der Waals surface area contributed by atoms with Crippen LogP contribution in [0.5, 0.6) is 0 Å². The maximum atomic E-state index is 12.8. The average Bonchev–Trinajstić information content (AvgIpc) is 3.35. The van der Waals surface area contributed by atoms with Crippen LogP contribution in [0.15, 0.2) is 30.3 Å². The maximum Gasteiger partial charge on any atom is 0.409 e. The van der Waals surface area contributed by atoms with E-state index in [1.54, 1.807) is 4.90 Å². The zero-order valence-electron chi connectivity index (χ0n) is 22.8. The number of ether oxygens (including phenoxy) is 1. The van der Waals surface area contributed by atoms with Crippen molar-refractivity contribution in [1.82, 2.24) is 24.7 Å². The van der Waals surface area contributed by atoms with Crippen molar-refractivity contribution in [2.75, 3.05) is 20.2 Å². The van der Waals surface area contributed by atoms with Crippen molar-refractivity contribution in [3.63, 3.8) is 0 Å². The van der Waals surface area contributed by atoms with E-state index in [2.05, 4.69) is 46.0 Å². The normalized spacial score (nSPS) is 25.9. The molecule has 4 aliphatic rings. The van der Waals surface area contributed by atoms with Crippen LogP contribution in [0.4, 0.5) is 4.79 Å². The van der Waals surface area contributed by atoms with E-state index in [-0.39, 0.29) is 24.0 Å². The van der Waals surface area contributed by atoms with Crippen molar-refractivity contribution in [3.05, 3.63) is 53.1 Å². The summed E-state index contributed by atoms with van der Waals surface area (Å²) in [6, 6.07) is 12.2. The van der Waals surface area contributed by atoms with Crippen LogP contribution in [-0.2, 0) is 22.5 Å². The molecule has 2 aromatic rings. The molecule has 8 nitrogen and oxygen atoms in total. The van der Waals surface area contributed by atoms with E-state index in [9.17, 15) is 9.59 Å². The van der Waals surface area contributed by atoms with E-state index in [1.165, 1.54) is 37.6 Å². The Morgan fingerprint density at radius 1 is 1.08 bits per heavy atom. The first kappa shape index (κ1) is 25.4. The number of benzene rings is 1. The van der Waals surface area contributed by atoms with Gasteiger partial charge in [-0.15, -0.1) is 0 Å². The SMILES string of the molecule is COC(=O)N1CCc2c(nc(C)n2[C@H]2C[C@H]3CC[C@@H](C2)N3CC[C@H](NC(=O)C2CCC2)c2ccccc2)C1. The first-order valence-electron chi connectivity index (χ1n) is 14.5. The number of fused-ring (bicyclic) bond motifs is 3. The van der Waals surface area contributed by atoms with Crippen molar-refractivity contribution in [1.29, 1.82) is 0 Å². The highest BCUT2D eigenvalue weighted by Crippen LogP contribution is 2.43. The number of aryl methyl sites for hydroxylation is 1. The molecular weight excluding hydrogens is 478 g/mol. The molecular formula is C30H41N5O3. The quantitative estimate of drug-likeness (QED) is 0.581. The average molecular weight is 520 g/mol. The fourth-order valence-electron chi connectivity index (χ4n) is 7.38. The molecule has 8 heteroatoms. The molecule has 3 aliphatic heterocycles. The topological polar surface area (TPSA) is 79.7 Å². The molecule has 3 fully saturated rings. The Morgan fingerprint density at radius 3 is 2.47 bits per heavy atom. The van der Waals surface area contributed by atoms with Gasteiger partial charge in [-0.1, -0.05) is 36.8 Å². The molecule has 4 atom stereocenters. The number of carbonyl (C=O) groups is 2. The van der Waals surface area contributed by atoms with Gasteiger partial charge in [0.2, 0.25) is 5.91 Å². The van der Waals surface area contributed by atoms with Gasteiger partial charge in [-0.3, -0.25) is 9.69 Å². The van der Waals surface area contributed by atoms with Gasteiger partial charge in [-0.2, -0.15) is 0 Å². The molecule has 1 saturated carbocycles. The fraction of sp³-hybridized carbons (Fsp3) is 0.633. The minimum Gasteiger partial charge on any atom is -0.453 e. The van der Waals surface area contributed by atoms with Crippen molar-refractivity contribution < 1.29 is 14.3 Å². The Kier molecular flexibility index (Phi) is 7.16. The molecule has 1 aromatic heterocycles. The number of amides is 2. The highest BCUT2D eigenvalue weighted by molar-refractivity contribution is 5.79. The largest absolute Gasteiger partial charge is 0.453 e. The molecule has 204 valence electrons. The summed E-state index contributed by atoms with van der Waals surface area (Å²) >= 11 is 0. The number of methoxy groups -OCH3 is 1. The van der Waals surface area contributed by atoms with Crippen LogP contribution in [-0.4, -0.2) is 63.6 Å². The van der Waals surface area contributed by atoms with Gasteiger partial charge in [0.1, 0.15) is 5.82 Å². The predicted octanol–water partition coefficient (Wildman–Crippen LogP) is 4.53. The lowest BCUT2D eigenvalue weighted by Crippen LogP contribution is -2.45. The number of rotatable bonds is 7. The van der Waals surface area contributed by atoms with Gasteiger partial charge in [0, 0.05) is 49.2 Å². The molecule has 1 aliphatic carbocycles. The number of piperidine rings is 1. The smallest absolute Gasteiger partial charge is 0.409 e. The van der Waals surface area contributed by atoms with Gasteiger partial charge in [-0.05, 0) is 57.4 Å². The summed E-state index contributed by atoms with van der Waals surface area (Å²) < 4.78 is 7.44. The van der Waals surface area contributed by atoms with E-state index < -0.39 is 0 Å². The number of aromatic nitrogens is 2. The fourth-order valence-corrected chi connectivity index (χ4v) is 7.38. The lowest BCUT2D eigenvalue weighted by Gasteiger charge is -2.41. The van der Waals surface area contributed by atoms with Crippen LogP contribution in [0, 0.1) is 12.8 Å². The highest BCUT2D eigenvalue weighted by atomic mass is 16.5. The summed E-state index contributed by atoms with van der Waals surface area (Å²) in [4.78, 5) is 34.3. The molecule has 2 bridgehead atoms. The van der Waals surface area contributed by atoms with Gasteiger partial charge >= 0.3 is 6.09 Å². The van der Waals surface area contributed by atoms with Gasteiger partial charge in [0.15, 0.2) is 0 Å². The maximum absolute atomic E-state index is 12.8. The molecule has 6 rings (SSSR count). The summed E-state index contributed by atoms with van der Waals surface area (Å²) in [5.74, 6) is 1.51. The van der Waals surface area contributed by atoms with Crippen molar-refractivity contribution >= 4 is 12.0 Å². The highest BCUT2D eigenvalue weighted by Gasteiger charge is 2.42. The molecule has 2 amide bonds. The van der Waals surface area contributed by atoms with E-state index >= 15 is 0 Å². The summed E-state index contributed by atoms with van der Waals surface area (Å²) in [5.41, 5.74) is 3.55. The van der Waals surface area contributed by atoms with Crippen LogP contribution in [0.3, 0.4) is 0 Å². The first-order valence-corrected chi connectivity index (χ1v) is 14.5. The van der Waals surface area contributed by atoms with E-state index in [1.807, 2.05) is 6.07 Å². The monoisotopic (exact) mass is 519 g/mol. The zero-order valence-corrected chi connectivity index (χ0v) is 22.8. The summed E-state index contributed by atoms with van der Waals surface area (Å²) in [5, 5.41) is 3.40. The van der Waals surface area contributed by atoms with Crippen LogP contribution in [0.1, 0.15) is 86.2 Å². The Labute approximate surface area is 225 Å². The predicted molar refractivity (Wildman–Crippen MR) is 145 cm³/mol. The molecule has 2 saturated heterocycles. The zero-order chi connectivity index (χ0) is 26.2. The van der Waals surface area contributed by atoms with Crippen molar-refractivity contribution in [2.45, 2.75) is 95.4 Å². The number of nitrogens with one attached hydrogen (secondary N) is 1. The molecule has 38 heavy (non-hydrogen) atoms. The van der Waals surface area contributed by atoms with Gasteiger partial charge < -0.3 is 19.5 Å². The summed E-state index contributed by atoms with van der Waals surface area (Å²) in [7, 11) is 1.44. The number of hydrogen-bond donors (Lipinski definition) is 1. The lowest BCUT2D eigenvalue weighted by atomic mass is 9.84. The van der Waals surface area contributed by atoms with Crippen molar-refractivity contribution in [2.24, 2.45) is 5.92 Å². The number of imidazole rings is 1. The second-order valence-corrected chi connectivity index (χ2v) is 11.7. The Balaban J connectivity index is 1.12. The standard InChI is InChI=1S/C30H41N5O3/c1-20-31-27-19-33(30(37)38-2)15-14-28(27)35(20)25-17-23-11-12-24(18-25)34(23)16-13-26(21-7-4-3-5-8-21)32-29(36)22-9-6-10-22/h3-5,7-8,22-26H,6,9-19H2,1-2H3,(H,32,36)/t23-,24+,25+,26-/m0/s1. The van der Waals surface area contributed by atoms with Crippen molar-refractivity contribution in [3.8, 4) is 0 Å². The molecule has 4 heterocycles. The second-order valence-electron chi connectivity index (χ2n) is 11.7. The lowest BCUT2D eigenvalue weighted by molar-refractivity contribution is -0.128. The van der Waals surface area contributed by atoms with Crippen LogP contribution >= 0.6 is 0 Å². The minimum absolute atomic E-state index is 0.0714. The molecule has 1 N–H and O–H groups in total. The van der Waals surface area contributed by atoms with Gasteiger partial charge in [0.05, 0.1) is 25.4 Å². The molecule has 1 aromatic carbocycles. The molecule has 0 radical (unpaired) electrons. The molecule has 0 unspecified atom stereocenters. The Hall–Kier alpha value is -2.87. The van der Waals surface area contributed by atoms with Crippen LogP contribution < -0.4 is 5.32 Å². The van der Waals surface area contributed by atoms with E-state index in [0.717, 1.165) is 56.6 Å². The number of nitrogens with zero attached hydrogens (tertiary/aromatic N) is 4. The van der Waals surface area contributed by atoms with E-state index in [0.29, 0.717) is 31.2 Å². The summed E-state index contributed by atoms with van der Waals surface area (Å²) in [6.07, 6.45) is 9.53. The summed E-state index contributed by atoms with van der Waals surface area (Å²) in [6.45, 7) is 4.35. The third-order valence-electron chi connectivity index (χ3n) is 9.56. The Bertz CT molecular complexity index is 1150. The second kappa shape index (κ2) is 10.7. The van der Waals surface area contributed by atoms with Gasteiger partial charge in [-0.25, -0.2) is 9.78 Å². The van der Waals surface area contributed by atoms with Gasteiger partial charge in [0.25, 0.3) is 0 Å². The van der Waals surface area contributed by atoms with E-state index in [4.69, 9.17) is 9.72 Å². The Morgan fingerprint density at radius 2 is 1.82 bits per heavy atom. The number of hydrogen-bond acceptors (Lipinski definition) is 5. The first-order chi connectivity index (χ1) is 18.5. The third kappa shape index (κ3) is 4.83. The van der Waals surface area contributed by atoms with Crippen LogP contribution in [0.25, 0.3) is 0 Å². The number of carbonyl (C=O) groups excluding carboxylic acids is 2. The molecule has 0 spiro atoms. The van der Waals surface area contributed by atoms with Crippen LogP contribution in [0.2, 0.25) is 0 Å². The minimum atomic E-state index is -0.271. The third-order valence-corrected chi connectivity index (χ3v) is 9.56.